The van der Waals surface area contributed by atoms with Crippen LogP contribution in [0.4, 0.5) is 0 Å². The van der Waals surface area contributed by atoms with Crippen LogP contribution in [0, 0.1) is 0 Å². The zero-order valence-electron chi connectivity index (χ0n) is 14.4. The van der Waals surface area contributed by atoms with Gasteiger partial charge in [-0.15, -0.1) is 0 Å². The van der Waals surface area contributed by atoms with Crippen LogP contribution in [-0.2, 0) is 4.74 Å². The number of likely N-dealkylation sites (N-methyl/N-ethyl adjacent to an activating group) is 1. The van der Waals surface area contributed by atoms with E-state index in [2.05, 4.69) is 28.1 Å². The molecule has 0 aliphatic rings. The van der Waals surface area contributed by atoms with Crippen LogP contribution in [0.5, 0.6) is 0 Å². The number of hydrogen-bond acceptors (Lipinski definition) is 1. The minimum Gasteiger partial charge on any atom is -1.00 e. The van der Waals surface area contributed by atoms with Crippen molar-refractivity contribution in [2.75, 3.05) is 40.9 Å². The molecule has 0 aromatic carbocycles. The molecule has 0 bridgehead atoms. The van der Waals surface area contributed by atoms with Gasteiger partial charge in [-0.05, 0) is 6.42 Å². The van der Waals surface area contributed by atoms with Crippen LogP contribution >= 0.6 is 0 Å². The van der Waals surface area contributed by atoms with Crippen LogP contribution in [0.25, 0.3) is 0 Å². The van der Waals surface area contributed by atoms with Crippen LogP contribution in [0.15, 0.2) is 0 Å². The van der Waals surface area contributed by atoms with E-state index < -0.39 is 0 Å². The molecule has 0 atom stereocenters. The maximum absolute atomic E-state index is 5.67. The molecule has 0 aromatic heterocycles. The third-order valence-electron chi connectivity index (χ3n) is 3.55. The second-order valence-corrected chi connectivity index (χ2v) is 6.81. The van der Waals surface area contributed by atoms with Gasteiger partial charge >= 0.3 is 0 Å². The van der Waals surface area contributed by atoms with Gasteiger partial charge in [-0.3, -0.25) is 0 Å². The molecule has 0 aliphatic carbocycles. The maximum atomic E-state index is 5.67. The average Bonchev–Trinajstić information content (AvgIpc) is 2.34. The summed E-state index contributed by atoms with van der Waals surface area (Å²) in [6.45, 7) is 5.25. The Morgan fingerprint density at radius 3 is 1.55 bits per heavy atom. The lowest BCUT2D eigenvalue weighted by molar-refractivity contribution is -0.870. The summed E-state index contributed by atoms with van der Waals surface area (Å²) < 4.78 is 6.66. The van der Waals surface area contributed by atoms with Crippen molar-refractivity contribution in [3.8, 4) is 0 Å². The SMILES string of the molecule is CCCCCCCCCCCCOCC[N+](C)(C)C.[Br-]. The summed E-state index contributed by atoms with van der Waals surface area (Å²) >= 11 is 0. The molecule has 0 heterocycles. The minimum absolute atomic E-state index is 0. The monoisotopic (exact) mass is 351 g/mol. The molecular formula is C17H38BrNO. The number of unbranched alkanes of at least 4 members (excludes halogenated alkanes) is 9. The highest BCUT2D eigenvalue weighted by atomic mass is 79.9. The van der Waals surface area contributed by atoms with Crippen LogP contribution in [-0.4, -0.2) is 45.4 Å². The van der Waals surface area contributed by atoms with Crippen LogP contribution < -0.4 is 17.0 Å². The fourth-order valence-corrected chi connectivity index (χ4v) is 2.13. The van der Waals surface area contributed by atoms with E-state index in [1.54, 1.807) is 0 Å². The van der Waals surface area contributed by atoms with Crippen molar-refractivity contribution in [3.63, 3.8) is 0 Å². The van der Waals surface area contributed by atoms with Crippen molar-refractivity contribution >= 4 is 0 Å². The molecule has 0 spiro atoms. The van der Waals surface area contributed by atoms with Gasteiger partial charge in [0.25, 0.3) is 0 Å². The van der Waals surface area contributed by atoms with E-state index in [0.29, 0.717) is 0 Å². The first-order valence-electron chi connectivity index (χ1n) is 8.44. The molecule has 0 amide bonds. The molecule has 0 aliphatic heterocycles. The van der Waals surface area contributed by atoms with Gasteiger partial charge in [0.15, 0.2) is 0 Å². The highest BCUT2D eigenvalue weighted by Crippen LogP contribution is 2.10. The highest BCUT2D eigenvalue weighted by Gasteiger charge is 2.05. The molecule has 124 valence electrons. The Bertz CT molecular complexity index is 180. The molecule has 0 N–H and O–H groups in total. The van der Waals surface area contributed by atoms with Crippen molar-refractivity contribution in [1.82, 2.24) is 0 Å². The summed E-state index contributed by atoms with van der Waals surface area (Å²) in [5.41, 5.74) is 0. The lowest BCUT2D eigenvalue weighted by atomic mass is 10.1. The Labute approximate surface area is 138 Å². The van der Waals surface area contributed by atoms with Gasteiger partial charge < -0.3 is 26.2 Å². The van der Waals surface area contributed by atoms with Gasteiger partial charge in [0.05, 0.1) is 27.7 Å². The van der Waals surface area contributed by atoms with Crippen LogP contribution in [0.2, 0.25) is 0 Å². The normalized spacial score (nSPS) is 11.4. The first-order valence-corrected chi connectivity index (χ1v) is 8.44. The van der Waals surface area contributed by atoms with Crippen molar-refractivity contribution in [2.45, 2.75) is 71.1 Å². The lowest BCUT2D eigenvalue weighted by Gasteiger charge is -2.23. The van der Waals surface area contributed by atoms with Gasteiger partial charge in [-0.2, -0.15) is 0 Å². The second kappa shape index (κ2) is 15.8. The molecule has 0 saturated heterocycles. The predicted octanol–water partition coefficient (Wildman–Crippen LogP) is 1.63. The second-order valence-electron chi connectivity index (χ2n) is 6.81. The number of nitrogens with zero attached hydrogens (tertiary/aromatic N) is 1. The number of rotatable bonds is 14. The van der Waals surface area contributed by atoms with E-state index in [-0.39, 0.29) is 17.0 Å². The smallest absolute Gasteiger partial charge is 0.102 e. The summed E-state index contributed by atoms with van der Waals surface area (Å²) in [6.07, 6.45) is 14.0. The van der Waals surface area contributed by atoms with Gasteiger partial charge in [0, 0.05) is 6.61 Å². The number of hydrogen-bond donors (Lipinski definition) is 0. The maximum Gasteiger partial charge on any atom is 0.102 e. The van der Waals surface area contributed by atoms with Gasteiger partial charge in [0.1, 0.15) is 6.54 Å². The lowest BCUT2D eigenvalue weighted by Crippen LogP contribution is -3.00. The molecule has 0 saturated carbocycles. The third kappa shape index (κ3) is 20.7. The Kier molecular flexibility index (Phi) is 17.9. The molecule has 3 heteroatoms. The highest BCUT2D eigenvalue weighted by molar-refractivity contribution is 4.47. The summed E-state index contributed by atoms with van der Waals surface area (Å²) in [5, 5.41) is 0. The minimum atomic E-state index is 0. The zero-order valence-corrected chi connectivity index (χ0v) is 16.0. The van der Waals surface area contributed by atoms with Gasteiger partial charge in [0.2, 0.25) is 0 Å². The average molecular weight is 352 g/mol. The standard InChI is InChI=1S/C17H38NO.BrH/c1-5-6-7-8-9-10-11-12-13-14-16-19-17-15-18(2,3)4;/h5-17H2,1-4H3;1H/q+1;/p-1. The first-order chi connectivity index (χ1) is 9.06. The fourth-order valence-electron chi connectivity index (χ4n) is 2.13. The van der Waals surface area contributed by atoms with Crippen molar-refractivity contribution in [2.24, 2.45) is 0 Å². The molecule has 2 nitrogen and oxygen atoms in total. The van der Waals surface area contributed by atoms with Crippen molar-refractivity contribution < 1.29 is 26.2 Å². The third-order valence-corrected chi connectivity index (χ3v) is 3.55. The fraction of sp³-hybridized carbons (Fsp3) is 1.00. The quantitative estimate of drug-likeness (QED) is 0.341. The zero-order chi connectivity index (χ0) is 14.4. The molecule has 20 heavy (non-hydrogen) atoms. The van der Waals surface area contributed by atoms with E-state index in [1.165, 1.54) is 64.2 Å². The predicted molar refractivity (Wildman–Crippen MR) is 85.6 cm³/mol. The van der Waals surface area contributed by atoms with Crippen LogP contribution in [0.3, 0.4) is 0 Å². The van der Waals surface area contributed by atoms with Crippen LogP contribution in [0.1, 0.15) is 71.1 Å². The molecular weight excluding hydrogens is 314 g/mol. The Hall–Kier alpha value is 0.400. The molecule has 0 rings (SSSR count). The Morgan fingerprint density at radius 1 is 0.650 bits per heavy atom. The van der Waals surface area contributed by atoms with E-state index in [1.807, 2.05) is 0 Å². The van der Waals surface area contributed by atoms with Gasteiger partial charge in [-0.1, -0.05) is 64.7 Å². The largest absolute Gasteiger partial charge is 1.00 e. The van der Waals surface area contributed by atoms with Crippen molar-refractivity contribution in [1.29, 1.82) is 0 Å². The number of ether oxygens (including phenoxy) is 1. The molecule has 0 fully saturated rings. The molecule has 0 unspecified atom stereocenters. The van der Waals surface area contributed by atoms with E-state index in [0.717, 1.165) is 24.2 Å². The summed E-state index contributed by atoms with van der Waals surface area (Å²) in [7, 11) is 6.64. The Morgan fingerprint density at radius 2 is 1.10 bits per heavy atom. The van der Waals surface area contributed by atoms with Gasteiger partial charge in [-0.25, -0.2) is 0 Å². The topological polar surface area (TPSA) is 9.23 Å². The van der Waals surface area contributed by atoms with E-state index >= 15 is 0 Å². The summed E-state index contributed by atoms with van der Waals surface area (Å²) in [4.78, 5) is 0. The summed E-state index contributed by atoms with van der Waals surface area (Å²) in [6, 6.07) is 0. The van der Waals surface area contributed by atoms with Crippen molar-refractivity contribution in [3.05, 3.63) is 0 Å². The first kappa shape index (κ1) is 22.7. The number of quaternary nitrogens is 1. The molecule has 0 aromatic rings. The molecule has 0 radical (unpaired) electrons. The van der Waals surface area contributed by atoms with E-state index in [9.17, 15) is 0 Å². The summed E-state index contributed by atoms with van der Waals surface area (Å²) in [5.74, 6) is 0. The Balaban J connectivity index is 0. The van der Waals surface area contributed by atoms with E-state index in [4.69, 9.17) is 4.74 Å². The number of halogens is 1.